The van der Waals surface area contributed by atoms with Crippen molar-refractivity contribution in [3.05, 3.63) is 35.9 Å². The molecule has 1 N–H and O–H groups in total. The van der Waals surface area contributed by atoms with Gasteiger partial charge in [0, 0.05) is 6.04 Å². The third kappa shape index (κ3) is 2.72. The van der Waals surface area contributed by atoms with Crippen molar-refractivity contribution in [3.63, 3.8) is 0 Å². The topological polar surface area (TPSA) is 40.5 Å². The van der Waals surface area contributed by atoms with Gasteiger partial charge in [-0.1, -0.05) is 37.3 Å². The second-order valence-corrected chi connectivity index (χ2v) is 5.31. The fourth-order valence-electron chi connectivity index (χ4n) is 2.79. The van der Waals surface area contributed by atoms with Crippen LogP contribution in [0.15, 0.2) is 30.3 Å². The zero-order valence-electron chi connectivity index (χ0n) is 11.0. The third-order valence-corrected chi connectivity index (χ3v) is 3.97. The molecule has 2 rings (SSSR count). The molecular formula is C15H21NO2. The van der Waals surface area contributed by atoms with Crippen LogP contribution in [0.1, 0.15) is 38.3 Å². The summed E-state index contributed by atoms with van der Waals surface area (Å²) in [7, 11) is 0. The molecule has 3 nitrogen and oxygen atoms in total. The quantitative estimate of drug-likeness (QED) is 0.892. The lowest BCUT2D eigenvalue weighted by Crippen LogP contribution is -2.47. The smallest absolute Gasteiger partial charge is 0.320 e. The molecule has 1 heterocycles. The van der Waals surface area contributed by atoms with Crippen LogP contribution in [-0.2, 0) is 4.79 Å². The second-order valence-electron chi connectivity index (χ2n) is 5.31. The number of hydrogen-bond donors (Lipinski definition) is 1. The number of rotatable bonds is 3. The number of carbonyl (C=O) groups is 1. The molecule has 0 amide bonds. The van der Waals surface area contributed by atoms with E-state index in [0.717, 1.165) is 19.4 Å². The number of hydrogen-bond acceptors (Lipinski definition) is 2. The van der Waals surface area contributed by atoms with Crippen LogP contribution in [-0.4, -0.2) is 28.6 Å². The highest BCUT2D eigenvalue weighted by Crippen LogP contribution is 2.30. The zero-order valence-corrected chi connectivity index (χ0v) is 11.0. The highest BCUT2D eigenvalue weighted by molar-refractivity contribution is 5.73. The Bertz CT molecular complexity index is 404. The molecule has 0 spiro atoms. The van der Waals surface area contributed by atoms with Crippen molar-refractivity contribution < 1.29 is 9.90 Å². The normalized spacial score (nSPS) is 26.8. The van der Waals surface area contributed by atoms with Crippen LogP contribution in [0.3, 0.4) is 0 Å². The van der Waals surface area contributed by atoms with Crippen LogP contribution in [0.4, 0.5) is 0 Å². The van der Waals surface area contributed by atoms with Gasteiger partial charge in [-0.3, -0.25) is 9.69 Å². The monoisotopic (exact) mass is 247 g/mol. The van der Waals surface area contributed by atoms with E-state index in [4.69, 9.17) is 0 Å². The van der Waals surface area contributed by atoms with E-state index in [1.54, 1.807) is 0 Å². The molecule has 18 heavy (non-hydrogen) atoms. The van der Waals surface area contributed by atoms with Gasteiger partial charge in [0.1, 0.15) is 6.04 Å². The largest absolute Gasteiger partial charge is 0.480 e. The maximum absolute atomic E-state index is 11.4. The van der Waals surface area contributed by atoms with Crippen LogP contribution in [0, 0.1) is 5.92 Å². The van der Waals surface area contributed by atoms with E-state index in [9.17, 15) is 9.90 Å². The van der Waals surface area contributed by atoms with E-state index >= 15 is 0 Å². The molecule has 0 aliphatic carbocycles. The molecule has 1 fully saturated rings. The van der Waals surface area contributed by atoms with Gasteiger partial charge in [-0.15, -0.1) is 0 Å². The van der Waals surface area contributed by atoms with Gasteiger partial charge in [-0.2, -0.15) is 0 Å². The summed E-state index contributed by atoms with van der Waals surface area (Å²) in [5, 5.41) is 9.38. The first-order chi connectivity index (χ1) is 8.59. The fourth-order valence-corrected chi connectivity index (χ4v) is 2.79. The van der Waals surface area contributed by atoms with Crippen molar-refractivity contribution in [1.82, 2.24) is 4.90 Å². The van der Waals surface area contributed by atoms with Crippen molar-refractivity contribution in [1.29, 1.82) is 0 Å². The average molecular weight is 247 g/mol. The fraction of sp³-hybridized carbons (Fsp3) is 0.533. The Morgan fingerprint density at radius 2 is 2.06 bits per heavy atom. The summed E-state index contributed by atoms with van der Waals surface area (Å²) in [4.78, 5) is 13.5. The number of benzene rings is 1. The maximum atomic E-state index is 11.4. The second kappa shape index (κ2) is 5.53. The average Bonchev–Trinajstić information content (AvgIpc) is 2.39. The Morgan fingerprint density at radius 1 is 1.39 bits per heavy atom. The van der Waals surface area contributed by atoms with Gasteiger partial charge in [0.2, 0.25) is 0 Å². The van der Waals surface area contributed by atoms with Crippen molar-refractivity contribution in [2.75, 3.05) is 6.54 Å². The molecule has 3 atom stereocenters. The zero-order chi connectivity index (χ0) is 13.1. The molecule has 3 heteroatoms. The van der Waals surface area contributed by atoms with E-state index in [2.05, 4.69) is 30.9 Å². The number of nitrogens with zero attached hydrogens (tertiary/aromatic N) is 1. The summed E-state index contributed by atoms with van der Waals surface area (Å²) in [6.07, 6.45) is 1.84. The number of carboxylic acids is 1. The molecule has 0 saturated carbocycles. The van der Waals surface area contributed by atoms with E-state index in [1.165, 1.54) is 5.56 Å². The van der Waals surface area contributed by atoms with Gasteiger partial charge in [0.05, 0.1) is 0 Å². The SMILES string of the molecule is C[C@@H]1CCN([C@@H](C)c2ccccc2)[C@H](C(=O)O)C1. The lowest BCUT2D eigenvalue weighted by Gasteiger charge is -2.40. The molecule has 1 saturated heterocycles. The Morgan fingerprint density at radius 3 is 2.67 bits per heavy atom. The van der Waals surface area contributed by atoms with Crippen molar-refractivity contribution in [3.8, 4) is 0 Å². The minimum Gasteiger partial charge on any atom is -0.480 e. The molecule has 1 aliphatic heterocycles. The number of piperidine rings is 1. The van der Waals surface area contributed by atoms with Crippen LogP contribution < -0.4 is 0 Å². The minimum absolute atomic E-state index is 0.166. The molecule has 0 unspecified atom stereocenters. The van der Waals surface area contributed by atoms with Crippen LogP contribution in [0.25, 0.3) is 0 Å². The summed E-state index contributed by atoms with van der Waals surface area (Å²) in [6.45, 7) is 5.11. The first kappa shape index (κ1) is 13.1. The standard InChI is InChI=1S/C15H21NO2/c1-11-8-9-16(14(10-11)15(17)18)12(2)13-6-4-3-5-7-13/h3-7,11-12,14H,8-10H2,1-2H3,(H,17,18)/t11-,12+,14+/m1/s1. The van der Waals surface area contributed by atoms with Gasteiger partial charge < -0.3 is 5.11 Å². The Labute approximate surface area is 108 Å². The third-order valence-electron chi connectivity index (χ3n) is 3.97. The van der Waals surface area contributed by atoms with E-state index in [1.807, 2.05) is 18.2 Å². The Kier molecular flexibility index (Phi) is 4.02. The number of likely N-dealkylation sites (tertiary alicyclic amines) is 1. The summed E-state index contributed by atoms with van der Waals surface area (Å²) < 4.78 is 0. The highest BCUT2D eigenvalue weighted by Gasteiger charge is 2.34. The van der Waals surface area contributed by atoms with Crippen LogP contribution in [0.2, 0.25) is 0 Å². The van der Waals surface area contributed by atoms with E-state index in [0.29, 0.717) is 5.92 Å². The Hall–Kier alpha value is -1.35. The molecule has 98 valence electrons. The summed E-state index contributed by atoms with van der Waals surface area (Å²) in [6, 6.07) is 9.97. The molecule has 0 radical (unpaired) electrons. The summed E-state index contributed by atoms with van der Waals surface area (Å²) in [5.74, 6) is -0.186. The van der Waals surface area contributed by atoms with Crippen LogP contribution >= 0.6 is 0 Å². The van der Waals surface area contributed by atoms with Gasteiger partial charge in [0.25, 0.3) is 0 Å². The van der Waals surface area contributed by atoms with Gasteiger partial charge in [-0.05, 0) is 37.8 Å². The lowest BCUT2D eigenvalue weighted by molar-refractivity contribution is -0.146. The molecular weight excluding hydrogens is 226 g/mol. The van der Waals surface area contributed by atoms with Gasteiger partial charge in [0.15, 0.2) is 0 Å². The maximum Gasteiger partial charge on any atom is 0.320 e. The molecule has 1 aliphatic rings. The van der Waals surface area contributed by atoms with Crippen LogP contribution in [0.5, 0.6) is 0 Å². The van der Waals surface area contributed by atoms with Crippen molar-refractivity contribution >= 4 is 5.97 Å². The van der Waals surface area contributed by atoms with E-state index in [-0.39, 0.29) is 12.1 Å². The minimum atomic E-state index is -0.690. The van der Waals surface area contributed by atoms with E-state index < -0.39 is 5.97 Å². The molecule has 1 aromatic rings. The van der Waals surface area contributed by atoms with Crippen molar-refractivity contribution in [2.24, 2.45) is 5.92 Å². The van der Waals surface area contributed by atoms with Crippen molar-refractivity contribution in [2.45, 2.75) is 38.8 Å². The molecule has 0 aromatic heterocycles. The van der Waals surface area contributed by atoms with Gasteiger partial charge >= 0.3 is 5.97 Å². The van der Waals surface area contributed by atoms with Gasteiger partial charge in [-0.25, -0.2) is 0 Å². The highest BCUT2D eigenvalue weighted by atomic mass is 16.4. The number of carboxylic acid groups (broad SMARTS) is 1. The molecule has 1 aromatic carbocycles. The Balaban J connectivity index is 2.17. The summed E-state index contributed by atoms with van der Waals surface area (Å²) in [5.41, 5.74) is 1.19. The first-order valence-electron chi connectivity index (χ1n) is 6.63. The predicted octanol–water partition coefficient (Wildman–Crippen LogP) is 2.93. The predicted molar refractivity (Wildman–Crippen MR) is 71.4 cm³/mol. The number of aliphatic carboxylic acids is 1. The molecule has 0 bridgehead atoms. The first-order valence-corrected chi connectivity index (χ1v) is 6.63. The summed E-state index contributed by atoms with van der Waals surface area (Å²) >= 11 is 0. The lowest BCUT2D eigenvalue weighted by atomic mass is 9.90.